The fraction of sp³-hybridized carbons (Fsp3) is 0.556. The van der Waals surface area contributed by atoms with Gasteiger partial charge in [-0.25, -0.2) is 4.98 Å². The number of carbonyl (C=O) groups is 1. The van der Waals surface area contributed by atoms with Crippen molar-refractivity contribution in [3.05, 3.63) is 16.6 Å². The van der Waals surface area contributed by atoms with Crippen LogP contribution < -0.4 is 11.1 Å². The highest BCUT2D eigenvalue weighted by Gasteiger charge is 2.09. The first-order valence-corrected chi connectivity index (χ1v) is 5.48. The van der Waals surface area contributed by atoms with Gasteiger partial charge < -0.3 is 11.1 Å². The molecule has 1 rings (SSSR count). The number of amides is 1. The third-order valence-corrected chi connectivity index (χ3v) is 2.76. The smallest absolute Gasteiger partial charge is 0.224 e. The quantitative estimate of drug-likeness (QED) is 0.743. The maximum atomic E-state index is 11.3. The van der Waals surface area contributed by atoms with Crippen LogP contribution in [0.1, 0.15) is 11.9 Å². The van der Waals surface area contributed by atoms with Crippen LogP contribution in [-0.4, -0.2) is 24.0 Å². The van der Waals surface area contributed by atoms with Crippen molar-refractivity contribution in [3.8, 4) is 0 Å². The van der Waals surface area contributed by atoms with Crippen molar-refractivity contribution in [3.63, 3.8) is 0 Å². The molecule has 0 bridgehead atoms. The van der Waals surface area contributed by atoms with Gasteiger partial charge in [-0.2, -0.15) is 0 Å². The Morgan fingerprint density at radius 2 is 2.57 bits per heavy atom. The molecule has 1 aromatic heterocycles. The predicted octanol–water partition coefficient (Wildman–Crippen LogP) is 0.397. The molecule has 1 unspecified atom stereocenters. The monoisotopic (exact) mass is 213 g/mol. The summed E-state index contributed by atoms with van der Waals surface area (Å²) in [5, 5.41) is 5.80. The van der Waals surface area contributed by atoms with Crippen LogP contribution in [0.2, 0.25) is 0 Å². The minimum Gasteiger partial charge on any atom is -0.355 e. The summed E-state index contributed by atoms with van der Waals surface area (Å²) >= 11 is 1.60. The first-order chi connectivity index (χ1) is 6.74. The van der Waals surface area contributed by atoms with Crippen LogP contribution in [-0.2, 0) is 11.2 Å². The summed E-state index contributed by atoms with van der Waals surface area (Å²) in [4.78, 5) is 15.4. The number of rotatable bonds is 5. The van der Waals surface area contributed by atoms with E-state index in [1.165, 1.54) is 0 Å². The molecule has 4 nitrogen and oxygen atoms in total. The van der Waals surface area contributed by atoms with Crippen molar-refractivity contribution in [2.24, 2.45) is 11.7 Å². The lowest BCUT2D eigenvalue weighted by Gasteiger charge is -2.08. The van der Waals surface area contributed by atoms with Gasteiger partial charge in [0.25, 0.3) is 0 Å². The third kappa shape index (κ3) is 3.43. The molecule has 0 aromatic carbocycles. The topological polar surface area (TPSA) is 68.0 Å². The molecular weight excluding hydrogens is 198 g/mol. The van der Waals surface area contributed by atoms with E-state index >= 15 is 0 Å². The van der Waals surface area contributed by atoms with Crippen molar-refractivity contribution in [2.75, 3.05) is 13.1 Å². The van der Waals surface area contributed by atoms with E-state index in [4.69, 9.17) is 5.73 Å². The van der Waals surface area contributed by atoms with E-state index in [1.807, 2.05) is 12.3 Å². The van der Waals surface area contributed by atoms with Crippen LogP contribution in [0.15, 0.2) is 11.6 Å². The molecule has 0 fully saturated rings. The normalized spacial score (nSPS) is 12.4. The second-order valence-corrected chi connectivity index (χ2v) is 4.08. The van der Waals surface area contributed by atoms with E-state index in [0.29, 0.717) is 13.1 Å². The molecule has 0 aliphatic heterocycles. The summed E-state index contributed by atoms with van der Waals surface area (Å²) < 4.78 is 0. The first kappa shape index (κ1) is 11.1. The molecular formula is C9H15N3OS. The van der Waals surface area contributed by atoms with Gasteiger partial charge in [0, 0.05) is 37.0 Å². The van der Waals surface area contributed by atoms with Crippen molar-refractivity contribution in [2.45, 2.75) is 13.3 Å². The molecule has 14 heavy (non-hydrogen) atoms. The van der Waals surface area contributed by atoms with Gasteiger partial charge in [-0.05, 0) is 0 Å². The van der Waals surface area contributed by atoms with E-state index < -0.39 is 0 Å². The summed E-state index contributed by atoms with van der Waals surface area (Å²) in [5.41, 5.74) is 5.37. The van der Waals surface area contributed by atoms with Gasteiger partial charge in [-0.15, -0.1) is 11.3 Å². The number of thiazole rings is 1. The van der Waals surface area contributed by atoms with Gasteiger partial charge in [-0.1, -0.05) is 6.92 Å². The average Bonchev–Trinajstić information content (AvgIpc) is 2.69. The minimum absolute atomic E-state index is 0.0176. The Morgan fingerprint density at radius 3 is 3.14 bits per heavy atom. The lowest BCUT2D eigenvalue weighted by Crippen LogP contribution is -2.34. The Bertz CT molecular complexity index is 274. The predicted molar refractivity (Wildman–Crippen MR) is 57.0 cm³/mol. The van der Waals surface area contributed by atoms with E-state index in [9.17, 15) is 4.79 Å². The fourth-order valence-electron chi connectivity index (χ4n) is 0.950. The Balaban J connectivity index is 2.18. The van der Waals surface area contributed by atoms with E-state index in [2.05, 4.69) is 10.3 Å². The lowest BCUT2D eigenvalue weighted by atomic mass is 10.2. The van der Waals surface area contributed by atoms with Crippen molar-refractivity contribution in [1.29, 1.82) is 0 Å². The largest absolute Gasteiger partial charge is 0.355 e. The van der Waals surface area contributed by atoms with Crippen molar-refractivity contribution >= 4 is 17.2 Å². The van der Waals surface area contributed by atoms with Crippen LogP contribution in [0.5, 0.6) is 0 Å². The number of nitrogens with two attached hydrogens (primary N) is 1. The molecule has 5 heteroatoms. The Kier molecular flexibility index (Phi) is 4.55. The van der Waals surface area contributed by atoms with Gasteiger partial charge in [-0.3, -0.25) is 4.79 Å². The van der Waals surface area contributed by atoms with Gasteiger partial charge in [0.15, 0.2) is 0 Å². The molecule has 0 aliphatic carbocycles. The highest BCUT2D eigenvalue weighted by molar-refractivity contribution is 7.09. The minimum atomic E-state index is -0.105. The van der Waals surface area contributed by atoms with Gasteiger partial charge in [0.05, 0.1) is 5.01 Å². The van der Waals surface area contributed by atoms with Gasteiger partial charge in [0.1, 0.15) is 0 Å². The fourth-order valence-corrected chi connectivity index (χ4v) is 1.57. The van der Waals surface area contributed by atoms with Crippen LogP contribution in [0, 0.1) is 5.92 Å². The highest BCUT2D eigenvalue weighted by Crippen LogP contribution is 2.03. The average molecular weight is 213 g/mol. The molecule has 0 radical (unpaired) electrons. The molecule has 78 valence electrons. The van der Waals surface area contributed by atoms with E-state index in [1.54, 1.807) is 17.5 Å². The molecule has 3 N–H and O–H groups in total. The number of hydrogen-bond acceptors (Lipinski definition) is 4. The SMILES string of the molecule is CC(CN)C(=O)NCCc1nccs1. The third-order valence-electron chi connectivity index (χ3n) is 1.92. The van der Waals surface area contributed by atoms with Crippen LogP contribution in [0.3, 0.4) is 0 Å². The summed E-state index contributed by atoms with van der Waals surface area (Å²) in [6.45, 7) is 2.85. The second kappa shape index (κ2) is 5.72. The Hall–Kier alpha value is -0.940. The van der Waals surface area contributed by atoms with Crippen LogP contribution in [0.4, 0.5) is 0 Å². The molecule has 0 saturated heterocycles. The standard InChI is InChI=1S/C9H15N3OS/c1-7(6-10)9(13)12-3-2-8-11-4-5-14-8/h4-5,7H,2-3,6,10H2,1H3,(H,12,13). The Labute approximate surface area is 87.5 Å². The van der Waals surface area contributed by atoms with E-state index in [0.717, 1.165) is 11.4 Å². The molecule has 1 atom stereocenters. The van der Waals surface area contributed by atoms with Crippen molar-refractivity contribution < 1.29 is 4.79 Å². The zero-order chi connectivity index (χ0) is 10.4. The highest BCUT2D eigenvalue weighted by atomic mass is 32.1. The molecule has 0 spiro atoms. The summed E-state index contributed by atoms with van der Waals surface area (Å²) in [6.07, 6.45) is 2.56. The molecule has 1 amide bonds. The number of nitrogens with one attached hydrogen (secondary N) is 1. The first-order valence-electron chi connectivity index (χ1n) is 4.60. The van der Waals surface area contributed by atoms with Crippen LogP contribution >= 0.6 is 11.3 Å². The van der Waals surface area contributed by atoms with Gasteiger partial charge in [0.2, 0.25) is 5.91 Å². The zero-order valence-electron chi connectivity index (χ0n) is 8.19. The van der Waals surface area contributed by atoms with Gasteiger partial charge >= 0.3 is 0 Å². The summed E-state index contributed by atoms with van der Waals surface area (Å²) in [6, 6.07) is 0. The summed E-state index contributed by atoms with van der Waals surface area (Å²) in [5.74, 6) is -0.0876. The lowest BCUT2D eigenvalue weighted by molar-refractivity contribution is -0.124. The molecule has 1 heterocycles. The Morgan fingerprint density at radius 1 is 1.79 bits per heavy atom. The number of nitrogens with zero attached hydrogens (tertiary/aromatic N) is 1. The van der Waals surface area contributed by atoms with Crippen molar-refractivity contribution in [1.82, 2.24) is 10.3 Å². The zero-order valence-corrected chi connectivity index (χ0v) is 9.01. The number of aromatic nitrogens is 1. The molecule has 0 aliphatic rings. The summed E-state index contributed by atoms with van der Waals surface area (Å²) in [7, 11) is 0. The maximum Gasteiger partial charge on any atom is 0.224 e. The number of carbonyl (C=O) groups excluding carboxylic acids is 1. The second-order valence-electron chi connectivity index (χ2n) is 3.10. The molecule has 1 aromatic rings. The maximum absolute atomic E-state index is 11.3. The molecule has 0 saturated carbocycles. The van der Waals surface area contributed by atoms with Crippen LogP contribution in [0.25, 0.3) is 0 Å². The number of hydrogen-bond donors (Lipinski definition) is 2. The van der Waals surface area contributed by atoms with E-state index in [-0.39, 0.29) is 11.8 Å².